The molecule has 1 N–H and O–H groups in total. The van der Waals surface area contributed by atoms with Crippen LogP contribution in [-0.4, -0.2) is 39.4 Å². The summed E-state index contributed by atoms with van der Waals surface area (Å²) < 4.78 is 0. The predicted molar refractivity (Wildman–Crippen MR) is 60.2 cm³/mol. The Morgan fingerprint density at radius 1 is 1.60 bits per heavy atom. The van der Waals surface area contributed by atoms with Crippen LogP contribution in [0, 0.1) is 0 Å². The lowest BCUT2D eigenvalue weighted by molar-refractivity contribution is 0.0768. The normalized spacial score (nSPS) is 10.0. The Morgan fingerprint density at radius 2 is 2.33 bits per heavy atom. The van der Waals surface area contributed by atoms with Gasteiger partial charge in [-0.1, -0.05) is 15.9 Å². The number of hydrogen-bond donors (Lipinski definition) is 1. The molecule has 0 aliphatic rings. The second-order valence-electron chi connectivity index (χ2n) is 2.88. The van der Waals surface area contributed by atoms with Crippen molar-refractivity contribution in [1.82, 2.24) is 15.1 Å². The Labute approximate surface area is 95.6 Å². The first kappa shape index (κ1) is 11.9. The van der Waals surface area contributed by atoms with E-state index in [2.05, 4.69) is 26.1 Å². The number of nitrogens with one attached hydrogen (secondary N) is 1. The van der Waals surface area contributed by atoms with Gasteiger partial charge in [0.15, 0.2) is 0 Å². The molecule has 0 aromatic carbocycles. The quantitative estimate of drug-likeness (QED) is 0.819. The van der Waals surface area contributed by atoms with E-state index in [0.717, 1.165) is 5.33 Å². The highest BCUT2D eigenvalue weighted by Crippen LogP contribution is 1.99. The summed E-state index contributed by atoms with van der Waals surface area (Å²) in [7, 11) is 0. The summed E-state index contributed by atoms with van der Waals surface area (Å²) in [5, 5.41) is 6.64. The lowest BCUT2D eigenvalue weighted by Gasteiger charge is -2.18. The highest BCUT2D eigenvalue weighted by Gasteiger charge is 2.14. The summed E-state index contributed by atoms with van der Waals surface area (Å²) in [5.41, 5.74) is -0.0486. The molecule has 5 nitrogen and oxygen atoms in total. The van der Waals surface area contributed by atoms with Crippen molar-refractivity contribution in [1.29, 1.82) is 0 Å². The molecule has 0 unspecified atom stereocenters. The molecule has 0 aliphatic carbocycles. The van der Waals surface area contributed by atoms with Crippen molar-refractivity contribution >= 4 is 21.8 Å². The van der Waals surface area contributed by atoms with E-state index in [1.165, 1.54) is 12.1 Å². The SMILES string of the molecule is CCN(CCBr)C(=O)c1ccc(=O)[nH]n1. The lowest BCUT2D eigenvalue weighted by Crippen LogP contribution is -2.33. The van der Waals surface area contributed by atoms with Crippen LogP contribution >= 0.6 is 15.9 Å². The molecule has 0 spiro atoms. The Bertz CT molecular complexity index is 371. The van der Waals surface area contributed by atoms with Crippen molar-refractivity contribution in [2.45, 2.75) is 6.92 Å². The monoisotopic (exact) mass is 273 g/mol. The topological polar surface area (TPSA) is 66.1 Å². The minimum absolute atomic E-state index is 0.173. The fourth-order valence-corrected chi connectivity index (χ4v) is 1.56. The van der Waals surface area contributed by atoms with Gasteiger partial charge in [0.1, 0.15) is 5.69 Å². The van der Waals surface area contributed by atoms with Crippen LogP contribution in [0.2, 0.25) is 0 Å². The maximum Gasteiger partial charge on any atom is 0.274 e. The predicted octanol–water partition coefficient (Wildman–Crippen LogP) is 0.627. The molecule has 82 valence electrons. The summed E-state index contributed by atoms with van der Waals surface area (Å²) in [6, 6.07) is 2.72. The number of amides is 1. The molecule has 0 aliphatic heterocycles. The highest BCUT2D eigenvalue weighted by molar-refractivity contribution is 9.09. The van der Waals surface area contributed by atoms with E-state index in [0.29, 0.717) is 13.1 Å². The molecule has 0 bridgehead atoms. The van der Waals surface area contributed by atoms with Crippen molar-refractivity contribution in [2.24, 2.45) is 0 Å². The minimum Gasteiger partial charge on any atom is -0.337 e. The van der Waals surface area contributed by atoms with Crippen LogP contribution in [0.25, 0.3) is 0 Å². The summed E-state index contributed by atoms with van der Waals surface area (Å²) in [6.45, 7) is 3.13. The van der Waals surface area contributed by atoms with Gasteiger partial charge in [0.2, 0.25) is 0 Å². The third-order valence-corrected chi connectivity index (χ3v) is 2.28. The number of alkyl halides is 1. The van der Waals surface area contributed by atoms with Crippen LogP contribution in [0.3, 0.4) is 0 Å². The van der Waals surface area contributed by atoms with Gasteiger partial charge in [0.05, 0.1) is 0 Å². The summed E-state index contributed by atoms with van der Waals surface area (Å²) >= 11 is 3.27. The number of carbonyl (C=O) groups excluding carboxylic acids is 1. The zero-order valence-corrected chi connectivity index (χ0v) is 9.95. The van der Waals surface area contributed by atoms with E-state index in [1.807, 2.05) is 6.92 Å². The van der Waals surface area contributed by atoms with Crippen molar-refractivity contribution in [2.75, 3.05) is 18.4 Å². The molecule has 1 rings (SSSR count). The number of carbonyl (C=O) groups is 1. The zero-order chi connectivity index (χ0) is 11.3. The third kappa shape index (κ3) is 3.16. The second kappa shape index (κ2) is 5.65. The molecule has 0 fully saturated rings. The molecule has 0 saturated heterocycles. The van der Waals surface area contributed by atoms with E-state index in [1.54, 1.807) is 4.90 Å². The lowest BCUT2D eigenvalue weighted by atomic mass is 10.3. The molecule has 0 saturated carbocycles. The van der Waals surface area contributed by atoms with Gasteiger partial charge in [-0.25, -0.2) is 5.10 Å². The smallest absolute Gasteiger partial charge is 0.274 e. The molecule has 0 atom stereocenters. The zero-order valence-electron chi connectivity index (χ0n) is 8.36. The number of halogens is 1. The first-order valence-electron chi connectivity index (χ1n) is 4.60. The van der Waals surface area contributed by atoms with E-state index in [4.69, 9.17) is 0 Å². The third-order valence-electron chi connectivity index (χ3n) is 1.92. The van der Waals surface area contributed by atoms with Gasteiger partial charge in [0.25, 0.3) is 11.5 Å². The van der Waals surface area contributed by atoms with Crippen molar-refractivity contribution in [3.63, 3.8) is 0 Å². The van der Waals surface area contributed by atoms with E-state index >= 15 is 0 Å². The largest absolute Gasteiger partial charge is 0.337 e. The van der Waals surface area contributed by atoms with E-state index < -0.39 is 0 Å². The molecular weight excluding hydrogens is 262 g/mol. The fraction of sp³-hybridized carbons (Fsp3) is 0.444. The van der Waals surface area contributed by atoms with Crippen molar-refractivity contribution < 1.29 is 4.79 Å². The Hall–Kier alpha value is -1.17. The number of nitrogens with zero attached hydrogens (tertiary/aromatic N) is 2. The number of aromatic amines is 1. The van der Waals surface area contributed by atoms with Gasteiger partial charge in [-0.2, -0.15) is 5.10 Å². The van der Waals surface area contributed by atoms with Crippen LogP contribution < -0.4 is 5.56 Å². The van der Waals surface area contributed by atoms with Crippen LogP contribution in [0.1, 0.15) is 17.4 Å². The maximum atomic E-state index is 11.8. The molecule has 1 heterocycles. The minimum atomic E-state index is -0.310. The molecule has 1 aromatic heterocycles. The summed E-state index contributed by atoms with van der Waals surface area (Å²) in [6.07, 6.45) is 0. The van der Waals surface area contributed by atoms with Crippen LogP contribution in [0.5, 0.6) is 0 Å². The summed E-state index contributed by atoms with van der Waals surface area (Å²) in [5.74, 6) is -0.173. The first-order valence-corrected chi connectivity index (χ1v) is 5.72. The second-order valence-corrected chi connectivity index (χ2v) is 3.67. The number of hydrogen-bond acceptors (Lipinski definition) is 3. The van der Waals surface area contributed by atoms with Gasteiger partial charge in [-0.3, -0.25) is 9.59 Å². The van der Waals surface area contributed by atoms with Crippen LogP contribution in [-0.2, 0) is 0 Å². The maximum absolute atomic E-state index is 11.8. The number of aromatic nitrogens is 2. The number of H-pyrrole nitrogens is 1. The van der Waals surface area contributed by atoms with Gasteiger partial charge < -0.3 is 4.90 Å². The van der Waals surface area contributed by atoms with Gasteiger partial charge >= 0.3 is 0 Å². The molecule has 15 heavy (non-hydrogen) atoms. The Morgan fingerprint density at radius 3 is 2.80 bits per heavy atom. The van der Waals surface area contributed by atoms with Gasteiger partial charge in [-0.05, 0) is 13.0 Å². The average molecular weight is 274 g/mol. The van der Waals surface area contributed by atoms with Gasteiger partial charge in [-0.15, -0.1) is 0 Å². The molecular formula is C9H12BrN3O2. The standard InChI is InChI=1S/C9H12BrN3O2/c1-2-13(6-5-10)9(15)7-3-4-8(14)12-11-7/h3-4H,2,5-6H2,1H3,(H,12,14). The fourth-order valence-electron chi connectivity index (χ4n) is 1.13. The summed E-state index contributed by atoms with van der Waals surface area (Å²) in [4.78, 5) is 24.2. The molecule has 1 aromatic rings. The van der Waals surface area contributed by atoms with Gasteiger partial charge in [0, 0.05) is 24.5 Å². The first-order chi connectivity index (χ1) is 7.19. The number of rotatable bonds is 4. The molecule has 0 radical (unpaired) electrons. The Balaban J connectivity index is 2.82. The van der Waals surface area contributed by atoms with Crippen molar-refractivity contribution in [3.8, 4) is 0 Å². The molecule has 6 heteroatoms. The van der Waals surface area contributed by atoms with E-state index in [-0.39, 0.29) is 17.2 Å². The van der Waals surface area contributed by atoms with Crippen LogP contribution in [0.4, 0.5) is 0 Å². The Kier molecular flexibility index (Phi) is 4.48. The highest BCUT2D eigenvalue weighted by atomic mass is 79.9. The van der Waals surface area contributed by atoms with Crippen LogP contribution in [0.15, 0.2) is 16.9 Å². The van der Waals surface area contributed by atoms with E-state index in [9.17, 15) is 9.59 Å². The average Bonchev–Trinajstić information content (AvgIpc) is 2.26. The van der Waals surface area contributed by atoms with Crippen molar-refractivity contribution in [3.05, 3.63) is 28.2 Å². The molecule has 1 amide bonds.